The summed E-state index contributed by atoms with van der Waals surface area (Å²) in [5, 5.41) is 4.54. The summed E-state index contributed by atoms with van der Waals surface area (Å²) < 4.78 is 16.7. The second kappa shape index (κ2) is 8.39. The van der Waals surface area contributed by atoms with Crippen LogP contribution in [0.25, 0.3) is 16.9 Å². The quantitative estimate of drug-likeness (QED) is 0.609. The van der Waals surface area contributed by atoms with Crippen molar-refractivity contribution in [2.45, 2.75) is 6.92 Å². The molecule has 3 aromatic rings. The number of carbonyl (C=O) groups excluding carboxylic acids is 2. The SMILES string of the molecule is CCOc1ccc(-c2nn(-c3ccccc3)c(C(=O)OC)c2C(=O)OC)cc1. The van der Waals surface area contributed by atoms with Crippen molar-refractivity contribution in [1.29, 1.82) is 0 Å². The largest absolute Gasteiger partial charge is 0.494 e. The van der Waals surface area contributed by atoms with Crippen LogP contribution in [0.1, 0.15) is 27.8 Å². The van der Waals surface area contributed by atoms with Gasteiger partial charge in [0.05, 0.1) is 26.5 Å². The molecular formula is C21H20N2O5. The normalized spacial score (nSPS) is 10.4. The van der Waals surface area contributed by atoms with Crippen molar-refractivity contribution in [1.82, 2.24) is 9.78 Å². The molecule has 0 unspecified atom stereocenters. The van der Waals surface area contributed by atoms with Gasteiger partial charge in [-0.3, -0.25) is 0 Å². The average Bonchev–Trinajstić information content (AvgIpc) is 3.14. The number of rotatable bonds is 6. The van der Waals surface area contributed by atoms with Gasteiger partial charge < -0.3 is 14.2 Å². The lowest BCUT2D eigenvalue weighted by Gasteiger charge is -2.07. The Balaban J connectivity index is 2.25. The number of esters is 2. The zero-order valence-electron chi connectivity index (χ0n) is 15.8. The van der Waals surface area contributed by atoms with Crippen LogP contribution < -0.4 is 4.74 Å². The predicted octanol–water partition coefficient (Wildman–Crippen LogP) is 3.51. The van der Waals surface area contributed by atoms with E-state index in [9.17, 15) is 9.59 Å². The van der Waals surface area contributed by atoms with E-state index in [2.05, 4.69) is 5.10 Å². The summed E-state index contributed by atoms with van der Waals surface area (Å²) in [5.74, 6) is -0.665. The maximum Gasteiger partial charge on any atom is 0.357 e. The molecule has 0 radical (unpaired) electrons. The van der Waals surface area contributed by atoms with E-state index in [-0.39, 0.29) is 11.3 Å². The first-order valence-corrected chi connectivity index (χ1v) is 8.69. The summed E-state index contributed by atoms with van der Waals surface area (Å²) in [6, 6.07) is 16.1. The highest BCUT2D eigenvalue weighted by molar-refractivity contribution is 6.06. The Morgan fingerprint density at radius 1 is 0.929 bits per heavy atom. The van der Waals surface area contributed by atoms with Gasteiger partial charge in [-0.05, 0) is 43.3 Å². The fourth-order valence-corrected chi connectivity index (χ4v) is 2.83. The van der Waals surface area contributed by atoms with Crippen LogP contribution in [0.2, 0.25) is 0 Å². The molecule has 0 bridgehead atoms. The fraction of sp³-hybridized carbons (Fsp3) is 0.190. The van der Waals surface area contributed by atoms with Crippen molar-refractivity contribution >= 4 is 11.9 Å². The van der Waals surface area contributed by atoms with E-state index in [0.717, 1.165) is 0 Å². The highest BCUT2D eigenvalue weighted by Gasteiger charge is 2.31. The van der Waals surface area contributed by atoms with E-state index in [1.54, 1.807) is 36.4 Å². The van der Waals surface area contributed by atoms with Crippen LogP contribution in [0, 0.1) is 0 Å². The molecule has 0 spiro atoms. The monoisotopic (exact) mass is 380 g/mol. The minimum absolute atomic E-state index is 0.00411. The molecule has 0 amide bonds. The molecule has 7 nitrogen and oxygen atoms in total. The third-order valence-electron chi connectivity index (χ3n) is 4.09. The number of nitrogens with zero attached hydrogens (tertiary/aromatic N) is 2. The molecule has 144 valence electrons. The van der Waals surface area contributed by atoms with Gasteiger partial charge in [0, 0.05) is 5.56 Å². The molecule has 2 aromatic carbocycles. The van der Waals surface area contributed by atoms with Gasteiger partial charge in [-0.1, -0.05) is 18.2 Å². The van der Waals surface area contributed by atoms with Crippen LogP contribution in [0.4, 0.5) is 0 Å². The number of carbonyl (C=O) groups is 2. The summed E-state index contributed by atoms with van der Waals surface area (Å²) in [6.45, 7) is 2.44. The van der Waals surface area contributed by atoms with E-state index >= 15 is 0 Å². The molecule has 0 fully saturated rings. The molecule has 0 saturated heterocycles. The zero-order valence-corrected chi connectivity index (χ0v) is 15.8. The Hall–Kier alpha value is -3.61. The topological polar surface area (TPSA) is 79.7 Å². The average molecular weight is 380 g/mol. The van der Waals surface area contributed by atoms with Gasteiger partial charge in [0.25, 0.3) is 0 Å². The molecular weight excluding hydrogens is 360 g/mol. The highest BCUT2D eigenvalue weighted by atomic mass is 16.5. The van der Waals surface area contributed by atoms with Crippen LogP contribution >= 0.6 is 0 Å². The van der Waals surface area contributed by atoms with E-state index in [1.165, 1.54) is 18.9 Å². The molecule has 0 saturated carbocycles. The Kier molecular flexibility index (Phi) is 5.74. The minimum atomic E-state index is -0.686. The first kappa shape index (κ1) is 19.2. The molecule has 0 aliphatic heterocycles. The van der Waals surface area contributed by atoms with E-state index < -0.39 is 11.9 Å². The third-order valence-corrected chi connectivity index (χ3v) is 4.09. The lowest BCUT2D eigenvalue weighted by molar-refractivity contribution is 0.0549. The lowest BCUT2D eigenvalue weighted by Crippen LogP contribution is -2.15. The Labute approximate surface area is 162 Å². The lowest BCUT2D eigenvalue weighted by atomic mass is 10.1. The smallest absolute Gasteiger partial charge is 0.357 e. The van der Waals surface area contributed by atoms with Crippen LogP contribution in [0.15, 0.2) is 54.6 Å². The van der Waals surface area contributed by atoms with Crippen molar-refractivity contribution in [3.05, 3.63) is 65.9 Å². The number of hydrogen-bond donors (Lipinski definition) is 0. The van der Waals surface area contributed by atoms with Crippen molar-refractivity contribution in [2.24, 2.45) is 0 Å². The molecule has 0 aliphatic rings. The zero-order chi connectivity index (χ0) is 20.1. The molecule has 0 atom stereocenters. The van der Waals surface area contributed by atoms with Crippen LogP contribution in [0.5, 0.6) is 5.75 Å². The molecule has 0 N–H and O–H groups in total. The summed E-state index contributed by atoms with van der Waals surface area (Å²) in [5.41, 5.74) is 1.62. The number of para-hydroxylation sites is 1. The molecule has 0 aliphatic carbocycles. The van der Waals surface area contributed by atoms with Crippen molar-refractivity contribution in [2.75, 3.05) is 20.8 Å². The first-order valence-electron chi connectivity index (χ1n) is 8.69. The number of hydrogen-bond acceptors (Lipinski definition) is 6. The molecule has 7 heteroatoms. The second-order valence-electron chi connectivity index (χ2n) is 5.76. The van der Waals surface area contributed by atoms with Gasteiger partial charge in [-0.15, -0.1) is 0 Å². The standard InChI is InChI=1S/C21H20N2O5/c1-4-28-16-12-10-14(11-13-16)18-17(20(24)26-2)19(21(25)27-3)23(22-18)15-8-6-5-7-9-15/h5-13H,4H2,1-3H3. The summed E-state index contributed by atoms with van der Waals surface area (Å²) in [4.78, 5) is 25.1. The number of ether oxygens (including phenoxy) is 3. The first-order chi connectivity index (χ1) is 13.6. The van der Waals surface area contributed by atoms with Crippen LogP contribution in [-0.2, 0) is 9.47 Å². The maximum atomic E-state index is 12.6. The van der Waals surface area contributed by atoms with Gasteiger partial charge in [0.15, 0.2) is 5.69 Å². The Morgan fingerprint density at radius 2 is 1.57 bits per heavy atom. The second-order valence-corrected chi connectivity index (χ2v) is 5.76. The molecule has 1 heterocycles. The summed E-state index contributed by atoms with van der Waals surface area (Å²) >= 11 is 0. The van der Waals surface area contributed by atoms with Crippen molar-refractivity contribution < 1.29 is 23.8 Å². The molecule has 28 heavy (non-hydrogen) atoms. The van der Waals surface area contributed by atoms with Crippen molar-refractivity contribution in [3.63, 3.8) is 0 Å². The number of benzene rings is 2. The van der Waals surface area contributed by atoms with Gasteiger partial charge in [-0.25, -0.2) is 14.3 Å². The Morgan fingerprint density at radius 3 is 2.14 bits per heavy atom. The summed E-state index contributed by atoms with van der Waals surface area (Å²) in [6.07, 6.45) is 0. The van der Waals surface area contributed by atoms with E-state index in [0.29, 0.717) is 29.3 Å². The molecule has 3 rings (SSSR count). The van der Waals surface area contributed by atoms with E-state index in [1.807, 2.05) is 25.1 Å². The van der Waals surface area contributed by atoms with Gasteiger partial charge >= 0.3 is 11.9 Å². The van der Waals surface area contributed by atoms with Crippen LogP contribution in [0.3, 0.4) is 0 Å². The predicted molar refractivity (Wildman–Crippen MR) is 103 cm³/mol. The van der Waals surface area contributed by atoms with Crippen LogP contribution in [-0.4, -0.2) is 42.5 Å². The maximum absolute atomic E-state index is 12.6. The Bertz CT molecular complexity index is 978. The number of aromatic nitrogens is 2. The van der Waals surface area contributed by atoms with Gasteiger partial charge in [0.2, 0.25) is 0 Å². The van der Waals surface area contributed by atoms with Gasteiger partial charge in [0.1, 0.15) is 17.0 Å². The third kappa shape index (κ3) is 3.59. The number of methoxy groups -OCH3 is 2. The van der Waals surface area contributed by atoms with E-state index in [4.69, 9.17) is 14.2 Å². The fourth-order valence-electron chi connectivity index (χ4n) is 2.83. The minimum Gasteiger partial charge on any atom is -0.494 e. The summed E-state index contributed by atoms with van der Waals surface area (Å²) in [7, 11) is 2.51. The molecule has 1 aromatic heterocycles. The van der Waals surface area contributed by atoms with Gasteiger partial charge in [-0.2, -0.15) is 5.10 Å². The van der Waals surface area contributed by atoms with Crippen molar-refractivity contribution in [3.8, 4) is 22.7 Å². The highest BCUT2D eigenvalue weighted by Crippen LogP contribution is 2.30.